The van der Waals surface area contributed by atoms with Crippen LogP contribution in [0.5, 0.6) is 5.75 Å². The van der Waals surface area contributed by atoms with Gasteiger partial charge in [-0.05, 0) is 55.5 Å². The number of ether oxygens (including phenoxy) is 1. The van der Waals surface area contributed by atoms with E-state index >= 15 is 0 Å². The molecule has 0 spiro atoms. The van der Waals surface area contributed by atoms with E-state index in [0.29, 0.717) is 6.04 Å². The molecule has 0 amide bonds. The van der Waals surface area contributed by atoms with Gasteiger partial charge in [0.05, 0.1) is 7.11 Å². The van der Waals surface area contributed by atoms with Crippen LogP contribution in [0.25, 0.3) is 0 Å². The van der Waals surface area contributed by atoms with Crippen molar-refractivity contribution in [2.75, 3.05) is 13.7 Å². The van der Waals surface area contributed by atoms with Gasteiger partial charge >= 0.3 is 0 Å². The normalized spacial score (nSPS) is 17.6. The second-order valence-electron chi connectivity index (χ2n) is 4.95. The van der Waals surface area contributed by atoms with E-state index in [-0.39, 0.29) is 0 Å². The fourth-order valence-electron chi connectivity index (χ4n) is 2.65. The summed E-state index contributed by atoms with van der Waals surface area (Å²) >= 11 is 0. The SMILES string of the molecule is CCNC(c1ccc(OC)cc1C)C1CCC1. The molecule has 2 rings (SSSR count). The Morgan fingerprint density at radius 1 is 1.41 bits per heavy atom. The monoisotopic (exact) mass is 233 g/mol. The first-order valence-electron chi connectivity index (χ1n) is 6.64. The van der Waals surface area contributed by atoms with Gasteiger partial charge in [0, 0.05) is 6.04 Å². The van der Waals surface area contributed by atoms with Gasteiger partial charge in [0.2, 0.25) is 0 Å². The first kappa shape index (κ1) is 12.4. The average molecular weight is 233 g/mol. The second kappa shape index (κ2) is 5.54. The number of nitrogens with one attached hydrogen (secondary N) is 1. The number of benzene rings is 1. The van der Waals surface area contributed by atoms with E-state index in [9.17, 15) is 0 Å². The van der Waals surface area contributed by atoms with Gasteiger partial charge in [-0.25, -0.2) is 0 Å². The molecule has 1 saturated carbocycles. The molecule has 1 atom stereocenters. The molecule has 1 aliphatic rings. The molecule has 0 aromatic heterocycles. The predicted molar refractivity (Wildman–Crippen MR) is 71.5 cm³/mol. The molecule has 1 unspecified atom stereocenters. The van der Waals surface area contributed by atoms with E-state index in [4.69, 9.17) is 4.74 Å². The zero-order valence-corrected chi connectivity index (χ0v) is 11.1. The topological polar surface area (TPSA) is 21.3 Å². The van der Waals surface area contributed by atoms with Crippen LogP contribution in [-0.2, 0) is 0 Å². The summed E-state index contributed by atoms with van der Waals surface area (Å²) in [6.07, 6.45) is 4.12. The van der Waals surface area contributed by atoms with Gasteiger partial charge in [-0.15, -0.1) is 0 Å². The maximum Gasteiger partial charge on any atom is 0.119 e. The molecule has 94 valence electrons. The molecular formula is C15H23NO. The van der Waals surface area contributed by atoms with Crippen LogP contribution in [0.4, 0.5) is 0 Å². The average Bonchev–Trinajstić information content (AvgIpc) is 2.26. The Bertz CT molecular complexity index is 371. The highest BCUT2D eigenvalue weighted by atomic mass is 16.5. The van der Waals surface area contributed by atoms with Crippen LogP contribution >= 0.6 is 0 Å². The third kappa shape index (κ3) is 2.63. The third-order valence-corrected chi connectivity index (χ3v) is 3.86. The Labute approximate surface area is 104 Å². The number of methoxy groups -OCH3 is 1. The van der Waals surface area contributed by atoms with Crippen molar-refractivity contribution in [3.8, 4) is 5.75 Å². The number of hydrogen-bond acceptors (Lipinski definition) is 2. The van der Waals surface area contributed by atoms with E-state index in [1.54, 1.807) is 7.11 Å². The predicted octanol–water partition coefficient (Wildman–Crippen LogP) is 3.45. The molecule has 1 aromatic carbocycles. The van der Waals surface area contributed by atoms with Crippen LogP contribution in [0, 0.1) is 12.8 Å². The summed E-state index contributed by atoms with van der Waals surface area (Å²) in [6, 6.07) is 6.96. The van der Waals surface area contributed by atoms with Crippen LogP contribution in [0.15, 0.2) is 18.2 Å². The lowest BCUT2D eigenvalue weighted by molar-refractivity contribution is 0.232. The Kier molecular flexibility index (Phi) is 4.06. The Morgan fingerprint density at radius 3 is 2.65 bits per heavy atom. The van der Waals surface area contributed by atoms with Crippen LogP contribution in [0.1, 0.15) is 43.4 Å². The maximum absolute atomic E-state index is 5.27. The smallest absolute Gasteiger partial charge is 0.119 e. The van der Waals surface area contributed by atoms with E-state index < -0.39 is 0 Å². The lowest BCUT2D eigenvalue weighted by atomic mass is 9.76. The van der Waals surface area contributed by atoms with Gasteiger partial charge in [0.25, 0.3) is 0 Å². The molecule has 0 radical (unpaired) electrons. The highest BCUT2D eigenvalue weighted by Crippen LogP contribution is 2.39. The standard InChI is InChI=1S/C15H23NO/c1-4-16-15(12-6-5-7-12)14-9-8-13(17-3)10-11(14)2/h8-10,12,15-16H,4-7H2,1-3H3. The van der Waals surface area contributed by atoms with Gasteiger partial charge < -0.3 is 10.1 Å². The molecule has 0 heterocycles. The quantitative estimate of drug-likeness (QED) is 0.841. The van der Waals surface area contributed by atoms with Crippen LogP contribution in [0.2, 0.25) is 0 Å². The van der Waals surface area contributed by atoms with Gasteiger partial charge in [-0.1, -0.05) is 19.4 Å². The molecule has 2 heteroatoms. The highest BCUT2D eigenvalue weighted by molar-refractivity contribution is 5.37. The van der Waals surface area contributed by atoms with Crippen molar-refractivity contribution < 1.29 is 4.74 Å². The van der Waals surface area contributed by atoms with Crippen molar-refractivity contribution in [2.24, 2.45) is 5.92 Å². The molecule has 1 aliphatic carbocycles. The summed E-state index contributed by atoms with van der Waals surface area (Å²) in [5, 5.41) is 3.64. The lowest BCUT2D eigenvalue weighted by Crippen LogP contribution is -2.32. The van der Waals surface area contributed by atoms with E-state index in [1.807, 2.05) is 0 Å². The molecule has 0 aliphatic heterocycles. The van der Waals surface area contributed by atoms with E-state index in [0.717, 1.165) is 18.2 Å². The summed E-state index contributed by atoms with van der Waals surface area (Å²) in [5.74, 6) is 1.78. The summed E-state index contributed by atoms with van der Waals surface area (Å²) in [4.78, 5) is 0. The third-order valence-electron chi connectivity index (χ3n) is 3.86. The number of aryl methyl sites for hydroxylation is 1. The van der Waals surface area contributed by atoms with Gasteiger partial charge in [0.15, 0.2) is 0 Å². The van der Waals surface area contributed by atoms with Gasteiger partial charge in [-0.3, -0.25) is 0 Å². The molecule has 2 nitrogen and oxygen atoms in total. The summed E-state index contributed by atoms with van der Waals surface area (Å²) < 4.78 is 5.27. The van der Waals surface area contributed by atoms with Crippen molar-refractivity contribution in [2.45, 2.75) is 39.2 Å². The lowest BCUT2D eigenvalue weighted by Gasteiger charge is -2.35. The minimum Gasteiger partial charge on any atom is -0.497 e. The zero-order chi connectivity index (χ0) is 12.3. The zero-order valence-electron chi connectivity index (χ0n) is 11.1. The Morgan fingerprint density at radius 2 is 2.18 bits per heavy atom. The molecule has 0 bridgehead atoms. The maximum atomic E-state index is 5.27. The fraction of sp³-hybridized carbons (Fsp3) is 0.600. The molecule has 0 saturated heterocycles. The number of rotatable bonds is 5. The highest BCUT2D eigenvalue weighted by Gasteiger charge is 2.28. The first-order chi connectivity index (χ1) is 8.26. The molecule has 1 aromatic rings. The molecule has 17 heavy (non-hydrogen) atoms. The molecular weight excluding hydrogens is 210 g/mol. The minimum atomic E-state index is 0.527. The van der Waals surface area contributed by atoms with Gasteiger partial charge in [-0.2, -0.15) is 0 Å². The summed E-state index contributed by atoms with van der Waals surface area (Å²) in [7, 11) is 1.72. The summed E-state index contributed by atoms with van der Waals surface area (Å²) in [5.41, 5.74) is 2.78. The molecule has 1 N–H and O–H groups in total. The fourth-order valence-corrected chi connectivity index (χ4v) is 2.65. The van der Waals surface area contributed by atoms with Crippen LogP contribution < -0.4 is 10.1 Å². The van der Waals surface area contributed by atoms with E-state index in [2.05, 4.69) is 37.4 Å². The first-order valence-corrected chi connectivity index (χ1v) is 6.64. The number of hydrogen-bond donors (Lipinski definition) is 1. The Balaban J connectivity index is 2.22. The van der Waals surface area contributed by atoms with E-state index in [1.165, 1.54) is 30.4 Å². The Hall–Kier alpha value is -1.02. The van der Waals surface area contributed by atoms with Crippen molar-refractivity contribution in [1.82, 2.24) is 5.32 Å². The van der Waals surface area contributed by atoms with Crippen molar-refractivity contribution in [1.29, 1.82) is 0 Å². The molecule has 1 fully saturated rings. The summed E-state index contributed by atoms with van der Waals surface area (Å²) in [6.45, 7) is 5.40. The second-order valence-corrected chi connectivity index (χ2v) is 4.95. The van der Waals surface area contributed by atoms with Crippen molar-refractivity contribution in [3.63, 3.8) is 0 Å². The van der Waals surface area contributed by atoms with Crippen LogP contribution in [-0.4, -0.2) is 13.7 Å². The van der Waals surface area contributed by atoms with Gasteiger partial charge in [0.1, 0.15) is 5.75 Å². The van der Waals surface area contributed by atoms with Crippen molar-refractivity contribution in [3.05, 3.63) is 29.3 Å². The largest absolute Gasteiger partial charge is 0.497 e. The van der Waals surface area contributed by atoms with Crippen molar-refractivity contribution >= 4 is 0 Å². The van der Waals surface area contributed by atoms with Crippen LogP contribution in [0.3, 0.4) is 0 Å². The minimum absolute atomic E-state index is 0.527.